The van der Waals surface area contributed by atoms with E-state index in [4.69, 9.17) is 11.6 Å². The highest BCUT2D eigenvalue weighted by molar-refractivity contribution is 6.18. The maximum absolute atomic E-state index is 6.10. The van der Waals surface area contributed by atoms with E-state index in [1.54, 1.807) is 11.1 Å². The van der Waals surface area contributed by atoms with Crippen molar-refractivity contribution in [2.45, 2.75) is 32.1 Å². The fourth-order valence-electron chi connectivity index (χ4n) is 3.56. The molecule has 3 rings (SSSR count). The topological polar surface area (TPSA) is 0 Å². The Morgan fingerprint density at radius 1 is 1.25 bits per heavy atom. The van der Waals surface area contributed by atoms with Crippen molar-refractivity contribution < 1.29 is 0 Å². The number of allylic oxidation sites excluding steroid dienone is 6. The molecule has 0 saturated heterocycles. The van der Waals surface area contributed by atoms with E-state index in [9.17, 15) is 0 Å². The van der Waals surface area contributed by atoms with Gasteiger partial charge in [-0.1, -0.05) is 36.3 Å². The van der Waals surface area contributed by atoms with Crippen molar-refractivity contribution in [1.82, 2.24) is 0 Å². The summed E-state index contributed by atoms with van der Waals surface area (Å²) < 4.78 is 0. The Labute approximate surface area is 103 Å². The minimum absolute atomic E-state index is 0.660. The maximum atomic E-state index is 6.10. The minimum Gasteiger partial charge on any atom is -0.126 e. The van der Waals surface area contributed by atoms with E-state index in [1.165, 1.54) is 32.1 Å². The minimum atomic E-state index is 0.660. The van der Waals surface area contributed by atoms with Crippen molar-refractivity contribution in [3.63, 3.8) is 0 Å². The fourth-order valence-corrected chi connectivity index (χ4v) is 3.89. The predicted molar refractivity (Wildman–Crippen MR) is 69.6 cm³/mol. The van der Waals surface area contributed by atoms with Crippen molar-refractivity contribution in [2.75, 3.05) is 5.88 Å². The molecule has 3 atom stereocenters. The van der Waals surface area contributed by atoms with E-state index in [0.29, 0.717) is 5.92 Å². The summed E-state index contributed by atoms with van der Waals surface area (Å²) in [6, 6.07) is 0. The lowest BCUT2D eigenvalue weighted by molar-refractivity contribution is 0.323. The first-order chi connectivity index (χ1) is 7.88. The molecule has 3 aliphatic carbocycles. The molecule has 0 amide bonds. The van der Waals surface area contributed by atoms with Gasteiger partial charge in [-0.05, 0) is 49.0 Å². The highest BCUT2D eigenvalue weighted by atomic mass is 35.5. The molecule has 0 nitrogen and oxygen atoms in total. The highest BCUT2D eigenvalue weighted by Gasteiger charge is 2.33. The average Bonchev–Trinajstić information content (AvgIpc) is 2.35. The zero-order valence-corrected chi connectivity index (χ0v) is 10.4. The van der Waals surface area contributed by atoms with Gasteiger partial charge in [0.15, 0.2) is 0 Å². The molecule has 1 saturated carbocycles. The van der Waals surface area contributed by atoms with Crippen LogP contribution in [0.3, 0.4) is 0 Å². The van der Waals surface area contributed by atoms with Crippen molar-refractivity contribution in [2.24, 2.45) is 17.8 Å². The van der Waals surface area contributed by atoms with Gasteiger partial charge in [0.1, 0.15) is 0 Å². The summed E-state index contributed by atoms with van der Waals surface area (Å²) in [4.78, 5) is 0. The molecule has 0 heterocycles. The van der Waals surface area contributed by atoms with Gasteiger partial charge in [0.2, 0.25) is 0 Å². The standard InChI is InChI=1S/C15H19Cl/c16-10-14-7-3-6-13-8-11-4-1-2-5-12(11)9-15(13)14/h1-2,5,9,11,13-14H,3-4,6-8,10H2. The Balaban J connectivity index is 1.93. The van der Waals surface area contributed by atoms with E-state index in [0.717, 1.165) is 17.7 Å². The summed E-state index contributed by atoms with van der Waals surface area (Å²) in [5, 5.41) is 0. The van der Waals surface area contributed by atoms with Gasteiger partial charge < -0.3 is 0 Å². The van der Waals surface area contributed by atoms with Gasteiger partial charge in [0.05, 0.1) is 0 Å². The Morgan fingerprint density at radius 3 is 3.06 bits per heavy atom. The van der Waals surface area contributed by atoms with Crippen LogP contribution in [0, 0.1) is 17.8 Å². The third-order valence-electron chi connectivity index (χ3n) is 4.45. The van der Waals surface area contributed by atoms with Crippen LogP contribution in [0.2, 0.25) is 0 Å². The molecule has 0 radical (unpaired) electrons. The van der Waals surface area contributed by atoms with E-state index in [-0.39, 0.29) is 0 Å². The van der Waals surface area contributed by atoms with Crippen LogP contribution in [0.1, 0.15) is 32.1 Å². The summed E-state index contributed by atoms with van der Waals surface area (Å²) in [6.45, 7) is 0. The zero-order chi connectivity index (χ0) is 11.0. The summed E-state index contributed by atoms with van der Waals surface area (Å²) in [7, 11) is 0. The molecular weight excluding hydrogens is 216 g/mol. The molecule has 3 unspecified atom stereocenters. The lowest BCUT2D eigenvalue weighted by Crippen LogP contribution is -2.27. The fraction of sp³-hybridized carbons (Fsp3) is 0.600. The number of halogens is 1. The summed E-state index contributed by atoms with van der Waals surface area (Å²) in [5.74, 6) is 3.11. The number of fused-ring (bicyclic) bond motifs is 2. The van der Waals surface area contributed by atoms with Crippen LogP contribution in [0.4, 0.5) is 0 Å². The quantitative estimate of drug-likeness (QED) is 0.587. The molecule has 1 heteroatoms. The van der Waals surface area contributed by atoms with Gasteiger partial charge in [0.25, 0.3) is 0 Å². The van der Waals surface area contributed by atoms with Crippen LogP contribution in [0.25, 0.3) is 0 Å². The van der Waals surface area contributed by atoms with Crippen molar-refractivity contribution >= 4 is 11.6 Å². The Bertz CT molecular complexity index is 362. The number of hydrogen-bond donors (Lipinski definition) is 0. The third-order valence-corrected chi connectivity index (χ3v) is 4.83. The van der Waals surface area contributed by atoms with Crippen LogP contribution in [0.15, 0.2) is 35.5 Å². The van der Waals surface area contributed by atoms with Crippen molar-refractivity contribution in [1.29, 1.82) is 0 Å². The largest absolute Gasteiger partial charge is 0.126 e. The van der Waals surface area contributed by atoms with Crippen LogP contribution in [0.5, 0.6) is 0 Å². The first-order valence-electron chi connectivity index (χ1n) is 6.52. The molecule has 86 valence electrons. The summed E-state index contributed by atoms with van der Waals surface area (Å²) in [5.41, 5.74) is 3.23. The van der Waals surface area contributed by atoms with Gasteiger partial charge in [-0.15, -0.1) is 11.6 Å². The second-order valence-corrected chi connectivity index (χ2v) is 5.70. The van der Waals surface area contributed by atoms with Crippen molar-refractivity contribution in [3.05, 3.63) is 35.5 Å². The normalized spacial score (nSPS) is 37.2. The molecule has 3 aliphatic rings. The average molecular weight is 235 g/mol. The smallest absolute Gasteiger partial charge is 0.0289 e. The molecule has 0 aromatic rings. The van der Waals surface area contributed by atoms with Crippen LogP contribution in [-0.4, -0.2) is 5.88 Å². The number of hydrogen-bond acceptors (Lipinski definition) is 0. The Kier molecular flexibility index (Phi) is 2.93. The van der Waals surface area contributed by atoms with Gasteiger partial charge in [0, 0.05) is 5.88 Å². The van der Waals surface area contributed by atoms with Gasteiger partial charge in [-0.25, -0.2) is 0 Å². The lowest BCUT2D eigenvalue weighted by atomic mass is 9.67. The van der Waals surface area contributed by atoms with E-state index < -0.39 is 0 Å². The summed E-state index contributed by atoms with van der Waals surface area (Å²) >= 11 is 6.10. The van der Waals surface area contributed by atoms with Crippen LogP contribution >= 0.6 is 11.6 Å². The maximum Gasteiger partial charge on any atom is 0.0289 e. The monoisotopic (exact) mass is 234 g/mol. The second-order valence-electron chi connectivity index (χ2n) is 5.39. The van der Waals surface area contributed by atoms with Crippen LogP contribution < -0.4 is 0 Å². The Hall–Kier alpha value is -0.490. The SMILES string of the molecule is ClCC1CCCC2CC3CC=CC=C3C=C12. The third kappa shape index (κ3) is 1.78. The second kappa shape index (κ2) is 4.41. The summed E-state index contributed by atoms with van der Waals surface area (Å²) in [6.07, 6.45) is 16.0. The first kappa shape index (κ1) is 10.7. The van der Waals surface area contributed by atoms with Crippen molar-refractivity contribution in [3.8, 4) is 0 Å². The molecule has 0 aromatic carbocycles. The van der Waals surface area contributed by atoms with Gasteiger partial charge in [-0.3, -0.25) is 0 Å². The number of alkyl halides is 1. The van der Waals surface area contributed by atoms with E-state index in [1.807, 2.05) is 0 Å². The molecule has 0 aliphatic heterocycles. The zero-order valence-electron chi connectivity index (χ0n) is 9.66. The van der Waals surface area contributed by atoms with Gasteiger partial charge in [-0.2, -0.15) is 0 Å². The first-order valence-corrected chi connectivity index (χ1v) is 7.06. The molecular formula is C15H19Cl. The molecule has 16 heavy (non-hydrogen) atoms. The molecule has 1 fully saturated rings. The lowest BCUT2D eigenvalue weighted by Gasteiger charge is -2.39. The number of rotatable bonds is 1. The van der Waals surface area contributed by atoms with Crippen LogP contribution in [-0.2, 0) is 0 Å². The molecule has 0 aromatic heterocycles. The van der Waals surface area contributed by atoms with E-state index >= 15 is 0 Å². The van der Waals surface area contributed by atoms with Gasteiger partial charge >= 0.3 is 0 Å². The van der Waals surface area contributed by atoms with E-state index in [2.05, 4.69) is 24.3 Å². The molecule has 0 spiro atoms. The Morgan fingerprint density at radius 2 is 2.19 bits per heavy atom. The highest BCUT2D eigenvalue weighted by Crippen LogP contribution is 2.45. The molecule has 0 N–H and O–H groups in total. The predicted octanol–water partition coefficient (Wildman–Crippen LogP) is 4.47. The molecule has 0 bridgehead atoms.